The third kappa shape index (κ3) is 3.90. The van der Waals surface area contributed by atoms with E-state index in [0.717, 1.165) is 24.8 Å². The van der Waals surface area contributed by atoms with Crippen molar-refractivity contribution in [3.63, 3.8) is 0 Å². The monoisotopic (exact) mass is 256 g/mol. The maximum atomic E-state index is 10.3. The maximum Gasteiger partial charge on any atom is 0.124 e. The normalized spacial score (nSPS) is 12.8. The second-order valence-corrected chi connectivity index (χ2v) is 4.76. The first-order chi connectivity index (χ1) is 8.12. The van der Waals surface area contributed by atoms with E-state index >= 15 is 0 Å². The summed E-state index contributed by atoms with van der Waals surface area (Å²) in [6.07, 6.45) is 2.41. The Kier molecular flexibility index (Phi) is 5.79. The summed E-state index contributed by atoms with van der Waals surface area (Å²) in [7, 11) is 1.61. The number of hydrogen-bond acceptors (Lipinski definition) is 2. The fraction of sp³-hybridized carbons (Fsp3) is 0.571. The molecule has 0 aromatic heterocycles. The zero-order valence-electron chi connectivity index (χ0n) is 10.7. The average molecular weight is 257 g/mol. The fourth-order valence-corrected chi connectivity index (χ4v) is 2.21. The number of aliphatic hydroxyl groups is 1. The molecule has 1 N–H and O–H groups in total. The van der Waals surface area contributed by atoms with Crippen LogP contribution in [0.3, 0.4) is 0 Å². The lowest BCUT2D eigenvalue weighted by Gasteiger charge is -2.19. The molecule has 96 valence electrons. The lowest BCUT2D eigenvalue weighted by Crippen LogP contribution is -2.07. The maximum absolute atomic E-state index is 10.3. The van der Waals surface area contributed by atoms with Gasteiger partial charge in [0.15, 0.2) is 0 Å². The first-order valence-corrected chi connectivity index (χ1v) is 6.51. The molecule has 2 nitrogen and oxygen atoms in total. The van der Waals surface area contributed by atoms with Gasteiger partial charge in [-0.05, 0) is 30.5 Å². The van der Waals surface area contributed by atoms with Crippen LogP contribution in [0, 0.1) is 5.92 Å². The minimum absolute atomic E-state index is 0.506. The Morgan fingerprint density at radius 3 is 2.47 bits per heavy atom. The van der Waals surface area contributed by atoms with Gasteiger partial charge < -0.3 is 9.84 Å². The van der Waals surface area contributed by atoms with Gasteiger partial charge in [-0.15, -0.1) is 0 Å². The Hall–Kier alpha value is -0.730. The third-order valence-electron chi connectivity index (χ3n) is 3.26. The van der Waals surface area contributed by atoms with Gasteiger partial charge in [-0.2, -0.15) is 0 Å². The van der Waals surface area contributed by atoms with Crippen LogP contribution in [0.4, 0.5) is 0 Å². The first-order valence-electron chi connectivity index (χ1n) is 6.13. The second-order valence-electron chi connectivity index (χ2n) is 4.32. The largest absolute Gasteiger partial charge is 0.496 e. The van der Waals surface area contributed by atoms with Crippen LogP contribution >= 0.6 is 11.6 Å². The quantitative estimate of drug-likeness (QED) is 0.826. The van der Waals surface area contributed by atoms with Gasteiger partial charge in [-0.1, -0.05) is 38.3 Å². The molecule has 0 fully saturated rings. The van der Waals surface area contributed by atoms with Crippen molar-refractivity contribution in [2.45, 2.75) is 39.2 Å². The first kappa shape index (κ1) is 14.3. The minimum Gasteiger partial charge on any atom is -0.496 e. The van der Waals surface area contributed by atoms with E-state index in [1.165, 1.54) is 0 Å². The van der Waals surface area contributed by atoms with E-state index < -0.39 is 6.10 Å². The average Bonchev–Trinajstić information content (AvgIpc) is 2.35. The molecule has 1 aromatic carbocycles. The van der Waals surface area contributed by atoms with Crippen molar-refractivity contribution in [3.8, 4) is 5.75 Å². The number of benzene rings is 1. The Morgan fingerprint density at radius 1 is 1.29 bits per heavy atom. The molecule has 1 aromatic rings. The topological polar surface area (TPSA) is 29.5 Å². The lowest BCUT2D eigenvalue weighted by atomic mass is 9.92. The van der Waals surface area contributed by atoms with Gasteiger partial charge in [-0.3, -0.25) is 0 Å². The number of hydrogen-bond donors (Lipinski definition) is 1. The molecule has 1 unspecified atom stereocenters. The summed E-state index contributed by atoms with van der Waals surface area (Å²) >= 11 is 5.96. The summed E-state index contributed by atoms with van der Waals surface area (Å²) in [5.41, 5.74) is 0.784. The summed E-state index contributed by atoms with van der Waals surface area (Å²) in [5.74, 6) is 1.24. The van der Waals surface area contributed by atoms with E-state index in [1.807, 2.05) is 0 Å². The van der Waals surface area contributed by atoms with Gasteiger partial charge in [-0.25, -0.2) is 0 Å². The van der Waals surface area contributed by atoms with Crippen LogP contribution in [0.2, 0.25) is 5.02 Å². The van der Waals surface area contributed by atoms with Gasteiger partial charge in [0.2, 0.25) is 0 Å². The zero-order valence-corrected chi connectivity index (χ0v) is 11.5. The smallest absolute Gasteiger partial charge is 0.124 e. The van der Waals surface area contributed by atoms with E-state index in [1.54, 1.807) is 25.3 Å². The molecular formula is C14H21ClO2. The fourth-order valence-electron chi connectivity index (χ4n) is 2.03. The van der Waals surface area contributed by atoms with Crippen molar-refractivity contribution in [2.75, 3.05) is 7.11 Å². The van der Waals surface area contributed by atoms with Crippen molar-refractivity contribution < 1.29 is 9.84 Å². The van der Waals surface area contributed by atoms with Gasteiger partial charge >= 0.3 is 0 Å². The van der Waals surface area contributed by atoms with Gasteiger partial charge in [0, 0.05) is 10.6 Å². The highest BCUT2D eigenvalue weighted by Gasteiger charge is 2.17. The molecule has 0 heterocycles. The van der Waals surface area contributed by atoms with Crippen LogP contribution in [0.5, 0.6) is 5.75 Å². The Morgan fingerprint density at radius 2 is 1.94 bits per heavy atom. The molecule has 17 heavy (non-hydrogen) atoms. The predicted octanol–water partition coefficient (Wildman–Crippen LogP) is 4.21. The van der Waals surface area contributed by atoms with Gasteiger partial charge in [0.25, 0.3) is 0 Å². The van der Waals surface area contributed by atoms with Crippen LogP contribution in [0.15, 0.2) is 18.2 Å². The molecule has 0 saturated heterocycles. The van der Waals surface area contributed by atoms with Crippen LogP contribution in [-0.2, 0) is 0 Å². The molecule has 0 bridgehead atoms. The Bertz CT molecular complexity index is 348. The minimum atomic E-state index is -0.506. The highest BCUT2D eigenvalue weighted by atomic mass is 35.5. The molecular weight excluding hydrogens is 236 g/mol. The highest BCUT2D eigenvalue weighted by molar-refractivity contribution is 6.30. The third-order valence-corrected chi connectivity index (χ3v) is 3.50. The number of aliphatic hydroxyl groups excluding tert-OH is 1. The molecule has 0 aliphatic rings. The van der Waals surface area contributed by atoms with E-state index in [2.05, 4.69) is 13.8 Å². The van der Waals surface area contributed by atoms with Crippen LogP contribution in [0.25, 0.3) is 0 Å². The van der Waals surface area contributed by atoms with Crippen LogP contribution in [0.1, 0.15) is 44.8 Å². The van der Waals surface area contributed by atoms with E-state index in [-0.39, 0.29) is 0 Å². The van der Waals surface area contributed by atoms with Crippen molar-refractivity contribution in [1.29, 1.82) is 0 Å². The molecule has 0 saturated carbocycles. The van der Waals surface area contributed by atoms with Crippen molar-refractivity contribution >= 4 is 11.6 Å². The van der Waals surface area contributed by atoms with Crippen molar-refractivity contribution in [2.24, 2.45) is 5.92 Å². The molecule has 0 spiro atoms. The molecule has 1 rings (SSSR count). The van der Waals surface area contributed by atoms with Crippen LogP contribution < -0.4 is 4.74 Å². The van der Waals surface area contributed by atoms with Gasteiger partial charge in [0.05, 0.1) is 13.2 Å². The highest BCUT2D eigenvalue weighted by Crippen LogP contribution is 2.33. The SMILES string of the molecule is CCC(CC)CC(O)c1cc(Cl)ccc1OC. The summed E-state index contributed by atoms with van der Waals surface area (Å²) in [5, 5.41) is 10.9. The number of halogens is 1. The number of rotatable bonds is 6. The molecule has 0 amide bonds. The predicted molar refractivity (Wildman–Crippen MR) is 71.7 cm³/mol. The zero-order chi connectivity index (χ0) is 12.8. The molecule has 0 aliphatic heterocycles. The summed E-state index contributed by atoms with van der Waals surface area (Å²) in [6, 6.07) is 5.36. The molecule has 0 radical (unpaired) electrons. The van der Waals surface area contributed by atoms with E-state index in [0.29, 0.717) is 16.7 Å². The van der Waals surface area contributed by atoms with Crippen molar-refractivity contribution in [3.05, 3.63) is 28.8 Å². The van der Waals surface area contributed by atoms with Gasteiger partial charge in [0.1, 0.15) is 5.75 Å². The second kappa shape index (κ2) is 6.87. The van der Waals surface area contributed by atoms with E-state index in [4.69, 9.17) is 16.3 Å². The summed E-state index contributed by atoms with van der Waals surface area (Å²) in [4.78, 5) is 0. The number of ether oxygens (including phenoxy) is 1. The molecule has 1 atom stereocenters. The van der Waals surface area contributed by atoms with Crippen molar-refractivity contribution in [1.82, 2.24) is 0 Å². The number of methoxy groups -OCH3 is 1. The lowest BCUT2D eigenvalue weighted by molar-refractivity contribution is 0.138. The molecule has 0 aliphatic carbocycles. The van der Waals surface area contributed by atoms with E-state index in [9.17, 15) is 5.11 Å². The Labute approximate surface area is 109 Å². The molecule has 3 heteroatoms. The standard InChI is InChI=1S/C14H21ClO2/c1-4-10(5-2)8-13(16)12-9-11(15)6-7-14(12)17-3/h6-7,9-10,13,16H,4-5,8H2,1-3H3. The summed E-state index contributed by atoms with van der Waals surface area (Å²) in [6.45, 7) is 4.30. The van der Waals surface area contributed by atoms with Crippen LogP contribution in [-0.4, -0.2) is 12.2 Å². The summed E-state index contributed by atoms with van der Waals surface area (Å²) < 4.78 is 5.25. The Balaban J connectivity index is 2.86.